The number of likely N-dealkylation sites (tertiary alicyclic amines) is 1. The molecule has 0 bridgehead atoms. The molecule has 0 atom stereocenters. The van der Waals surface area contributed by atoms with Gasteiger partial charge in [-0.15, -0.1) is 0 Å². The van der Waals surface area contributed by atoms with Crippen LogP contribution in [0.5, 0.6) is 0 Å². The summed E-state index contributed by atoms with van der Waals surface area (Å²) < 4.78 is 0. The van der Waals surface area contributed by atoms with Crippen LogP contribution < -0.4 is 5.32 Å². The predicted molar refractivity (Wildman–Crippen MR) is 80.4 cm³/mol. The largest absolute Gasteiger partial charge is 0.393 e. The Kier molecular flexibility index (Phi) is 8.25. The molecule has 2 N–H and O–H groups in total. The fourth-order valence-electron chi connectivity index (χ4n) is 2.05. The Bertz CT molecular complexity index is 240. The van der Waals surface area contributed by atoms with Gasteiger partial charge >= 0.3 is 0 Å². The Morgan fingerprint density at radius 1 is 1.39 bits per heavy atom. The van der Waals surface area contributed by atoms with Gasteiger partial charge in [0.2, 0.25) is 0 Å². The quantitative estimate of drug-likeness (QED) is 0.438. The number of aliphatic hydroxyl groups is 1. The topological polar surface area (TPSA) is 47.9 Å². The molecule has 0 aromatic rings. The van der Waals surface area contributed by atoms with E-state index in [0.717, 1.165) is 51.4 Å². The molecule has 106 valence electrons. The Labute approximate surface area is 115 Å². The maximum atomic E-state index is 9.52. The molecule has 0 saturated carbocycles. The summed E-state index contributed by atoms with van der Waals surface area (Å²) in [4.78, 5) is 6.94. The van der Waals surface area contributed by atoms with Gasteiger partial charge in [0, 0.05) is 26.2 Å². The van der Waals surface area contributed by atoms with Gasteiger partial charge in [-0.3, -0.25) is 4.99 Å². The van der Waals surface area contributed by atoms with E-state index in [1.165, 1.54) is 12.2 Å². The van der Waals surface area contributed by atoms with Gasteiger partial charge in [0.1, 0.15) is 0 Å². The average molecular weight is 273 g/mol. The number of unbranched alkanes of at least 4 members (excludes halogenated alkanes) is 1. The minimum Gasteiger partial charge on any atom is -0.393 e. The summed E-state index contributed by atoms with van der Waals surface area (Å²) in [5.74, 6) is 2.25. The highest BCUT2D eigenvalue weighted by molar-refractivity contribution is 7.98. The van der Waals surface area contributed by atoms with Crippen LogP contribution in [0.25, 0.3) is 0 Å². The molecule has 1 fully saturated rings. The van der Waals surface area contributed by atoms with Crippen molar-refractivity contribution in [1.29, 1.82) is 0 Å². The van der Waals surface area contributed by atoms with Crippen LogP contribution in [0.2, 0.25) is 0 Å². The Balaban J connectivity index is 2.35. The summed E-state index contributed by atoms with van der Waals surface area (Å²) in [7, 11) is 0. The zero-order valence-corrected chi connectivity index (χ0v) is 12.5. The van der Waals surface area contributed by atoms with Crippen molar-refractivity contribution in [3.8, 4) is 0 Å². The van der Waals surface area contributed by atoms with Crippen LogP contribution in [0.15, 0.2) is 4.99 Å². The fourth-order valence-corrected chi connectivity index (χ4v) is 2.54. The van der Waals surface area contributed by atoms with Crippen molar-refractivity contribution in [2.45, 2.75) is 38.7 Å². The molecule has 1 saturated heterocycles. The first kappa shape index (κ1) is 15.6. The van der Waals surface area contributed by atoms with Gasteiger partial charge in [-0.1, -0.05) is 0 Å². The number of nitrogens with zero attached hydrogens (tertiary/aromatic N) is 2. The number of rotatable bonds is 6. The first-order chi connectivity index (χ1) is 8.77. The maximum absolute atomic E-state index is 9.52. The lowest BCUT2D eigenvalue weighted by atomic mass is 10.1. The Morgan fingerprint density at radius 3 is 2.72 bits per heavy atom. The lowest BCUT2D eigenvalue weighted by Crippen LogP contribution is -2.46. The van der Waals surface area contributed by atoms with E-state index in [-0.39, 0.29) is 6.10 Å². The number of aliphatic hydroxyl groups excluding tert-OH is 1. The summed E-state index contributed by atoms with van der Waals surface area (Å²) in [5, 5.41) is 12.9. The van der Waals surface area contributed by atoms with Crippen LogP contribution in [0.1, 0.15) is 32.6 Å². The normalized spacial score (nSPS) is 18.2. The van der Waals surface area contributed by atoms with E-state index in [9.17, 15) is 5.11 Å². The summed E-state index contributed by atoms with van der Waals surface area (Å²) in [6.45, 7) is 5.74. The van der Waals surface area contributed by atoms with Crippen molar-refractivity contribution in [3.63, 3.8) is 0 Å². The van der Waals surface area contributed by atoms with Crippen molar-refractivity contribution >= 4 is 17.7 Å². The van der Waals surface area contributed by atoms with Crippen LogP contribution in [0.4, 0.5) is 0 Å². The highest BCUT2D eigenvalue weighted by Crippen LogP contribution is 2.10. The van der Waals surface area contributed by atoms with E-state index in [0.29, 0.717) is 0 Å². The molecule has 0 aliphatic carbocycles. The molecule has 18 heavy (non-hydrogen) atoms. The van der Waals surface area contributed by atoms with Crippen molar-refractivity contribution in [3.05, 3.63) is 0 Å². The highest BCUT2D eigenvalue weighted by Gasteiger charge is 2.19. The van der Waals surface area contributed by atoms with Crippen molar-refractivity contribution < 1.29 is 5.11 Å². The SMILES string of the molecule is CCNC(=NCCCCSC)N1CCC(O)CC1. The summed E-state index contributed by atoms with van der Waals surface area (Å²) in [6.07, 6.45) is 6.14. The van der Waals surface area contributed by atoms with Gasteiger partial charge in [-0.2, -0.15) is 11.8 Å². The van der Waals surface area contributed by atoms with Gasteiger partial charge in [0.05, 0.1) is 6.10 Å². The first-order valence-electron chi connectivity index (χ1n) is 6.98. The second-order valence-electron chi connectivity index (χ2n) is 4.65. The molecule has 1 aliphatic heterocycles. The average Bonchev–Trinajstić information content (AvgIpc) is 2.38. The van der Waals surface area contributed by atoms with E-state index >= 15 is 0 Å². The predicted octanol–water partition coefficient (Wildman–Crippen LogP) is 1.55. The molecule has 1 rings (SSSR count). The van der Waals surface area contributed by atoms with Crippen LogP contribution in [-0.4, -0.2) is 60.3 Å². The lowest BCUT2D eigenvalue weighted by molar-refractivity contribution is 0.108. The third kappa shape index (κ3) is 5.96. The Morgan fingerprint density at radius 2 is 2.11 bits per heavy atom. The first-order valence-corrected chi connectivity index (χ1v) is 8.37. The standard InChI is InChI=1S/C13H27N3OS/c1-3-14-13(15-8-4-5-11-18-2)16-9-6-12(17)7-10-16/h12,17H,3-11H2,1-2H3,(H,14,15). The summed E-state index contributed by atoms with van der Waals surface area (Å²) in [6, 6.07) is 0. The lowest BCUT2D eigenvalue weighted by Gasteiger charge is -2.32. The monoisotopic (exact) mass is 273 g/mol. The molecular formula is C13H27N3OS. The number of thioether (sulfide) groups is 1. The molecule has 0 aromatic carbocycles. The molecule has 0 unspecified atom stereocenters. The fraction of sp³-hybridized carbons (Fsp3) is 0.923. The molecular weight excluding hydrogens is 246 g/mol. The molecule has 0 radical (unpaired) electrons. The smallest absolute Gasteiger partial charge is 0.193 e. The minimum atomic E-state index is -0.120. The van der Waals surface area contributed by atoms with E-state index in [1.54, 1.807) is 0 Å². The minimum absolute atomic E-state index is 0.120. The summed E-state index contributed by atoms with van der Waals surface area (Å²) >= 11 is 1.90. The third-order valence-electron chi connectivity index (χ3n) is 3.12. The molecule has 0 spiro atoms. The van der Waals surface area contributed by atoms with Gasteiger partial charge in [0.25, 0.3) is 0 Å². The molecule has 1 aliphatic rings. The molecule has 0 amide bonds. The molecule has 5 heteroatoms. The van der Waals surface area contributed by atoms with Crippen LogP contribution in [-0.2, 0) is 0 Å². The number of guanidine groups is 1. The van der Waals surface area contributed by atoms with Gasteiger partial charge in [0.15, 0.2) is 5.96 Å². The van der Waals surface area contributed by atoms with E-state index in [2.05, 4.69) is 28.4 Å². The second-order valence-corrected chi connectivity index (χ2v) is 5.64. The van der Waals surface area contributed by atoms with E-state index in [1.807, 2.05) is 11.8 Å². The van der Waals surface area contributed by atoms with Crippen LogP contribution >= 0.6 is 11.8 Å². The maximum Gasteiger partial charge on any atom is 0.193 e. The molecule has 4 nitrogen and oxygen atoms in total. The second kappa shape index (κ2) is 9.50. The van der Waals surface area contributed by atoms with Gasteiger partial charge < -0.3 is 15.3 Å². The van der Waals surface area contributed by atoms with Crippen molar-refractivity contribution in [2.24, 2.45) is 4.99 Å². The van der Waals surface area contributed by atoms with Crippen molar-refractivity contribution in [2.75, 3.05) is 38.2 Å². The van der Waals surface area contributed by atoms with Crippen LogP contribution in [0.3, 0.4) is 0 Å². The number of piperidine rings is 1. The number of hydrogen-bond acceptors (Lipinski definition) is 3. The van der Waals surface area contributed by atoms with Crippen molar-refractivity contribution in [1.82, 2.24) is 10.2 Å². The van der Waals surface area contributed by atoms with E-state index in [4.69, 9.17) is 0 Å². The van der Waals surface area contributed by atoms with Gasteiger partial charge in [-0.25, -0.2) is 0 Å². The highest BCUT2D eigenvalue weighted by atomic mass is 32.2. The number of hydrogen-bond donors (Lipinski definition) is 2. The Hall–Kier alpha value is -0.420. The third-order valence-corrected chi connectivity index (χ3v) is 3.81. The van der Waals surface area contributed by atoms with Gasteiger partial charge in [-0.05, 0) is 44.6 Å². The summed E-state index contributed by atoms with van der Waals surface area (Å²) in [5.41, 5.74) is 0. The number of aliphatic imine (C=N–C) groups is 1. The van der Waals surface area contributed by atoms with E-state index < -0.39 is 0 Å². The zero-order valence-electron chi connectivity index (χ0n) is 11.7. The molecule has 0 aromatic heterocycles. The molecule has 1 heterocycles. The number of nitrogens with one attached hydrogen (secondary N) is 1. The zero-order chi connectivity index (χ0) is 13.2. The van der Waals surface area contributed by atoms with Crippen LogP contribution in [0, 0.1) is 0 Å².